The summed E-state index contributed by atoms with van der Waals surface area (Å²) in [6, 6.07) is 11.6. The van der Waals surface area contributed by atoms with Crippen molar-refractivity contribution >= 4 is 45.9 Å². The van der Waals surface area contributed by atoms with Gasteiger partial charge in [-0.25, -0.2) is 9.97 Å². The van der Waals surface area contributed by atoms with Gasteiger partial charge in [0.25, 0.3) is 0 Å². The maximum atomic E-state index is 12.3. The van der Waals surface area contributed by atoms with Crippen LogP contribution in [0.2, 0.25) is 0 Å². The maximum Gasteiger partial charge on any atom is 0.344 e. The van der Waals surface area contributed by atoms with Gasteiger partial charge in [-0.05, 0) is 37.6 Å². The van der Waals surface area contributed by atoms with Crippen LogP contribution in [0.15, 0.2) is 47.2 Å². The van der Waals surface area contributed by atoms with E-state index in [0.29, 0.717) is 37.0 Å². The third kappa shape index (κ3) is 8.59. The van der Waals surface area contributed by atoms with E-state index in [9.17, 15) is 9.46 Å². The number of aromatic nitrogens is 2. The first-order valence-corrected chi connectivity index (χ1v) is 15.3. The van der Waals surface area contributed by atoms with Gasteiger partial charge in [0.15, 0.2) is 17.8 Å². The second-order valence-corrected chi connectivity index (χ2v) is 11.9. The highest BCUT2D eigenvalue weighted by molar-refractivity contribution is 9.10. The van der Waals surface area contributed by atoms with Crippen LogP contribution in [0.25, 0.3) is 10.9 Å². The van der Waals surface area contributed by atoms with E-state index in [1.54, 1.807) is 14.0 Å². The van der Waals surface area contributed by atoms with Crippen LogP contribution in [0.1, 0.15) is 13.3 Å². The summed E-state index contributed by atoms with van der Waals surface area (Å²) >= 11 is 3.50. The fraction of sp³-hybridized carbons (Fsp3) is 0.462. The monoisotopic (exact) mass is 623 g/mol. The Morgan fingerprint density at radius 2 is 1.87 bits per heavy atom. The lowest BCUT2D eigenvalue weighted by Gasteiger charge is -2.35. The van der Waals surface area contributed by atoms with Crippen molar-refractivity contribution in [2.45, 2.75) is 19.6 Å². The number of rotatable bonds is 13. The Balaban J connectivity index is 1.30. The van der Waals surface area contributed by atoms with Crippen LogP contribution >= 0.6 is 23.5 Å². The zero-order valence-electron chi connectivity index (χ0n) is 22.4. The van der Waals surface area contributed by atoms with E-state index in [4.69, 9.17) is 18.7 Å². The van der Waals surface area contributed by atoms with Gasteiger partial charge in [-0.15, -0.1) is 0 Å². The first-order valence-electron chi connectivity index (χ1n) is 12.7. The van der Waals surface area contributed by atoms with Crippen molar-refractivity contribution in [3.8, 4) is 11.5 Å². The third-order valence-electron chi connectivity index (χ3n) is 6.37. The van der Waals surface area contributed by atoms with E-state index in [2.05, 4.69) is 36.1 Å². The molecule has 11 nitrogen and oxygen atoms in total. The highest BCUT2D eigenvalue weighted by atomic mass is 79.9. The number of piperazine rings is 1. The number of benzene rings is 2. The fourth-order valence-corrected chi connectivity index (χ4v) is 6.13. The van der Waals surface area contributed by atoms with Crippen LogP contribution in [0, 0.1) is 0 Å². The average molecular weight is 624 g/mol. The lowest BCUT2D eigenvalue weighted by molar-refractivity contribution is -0.0458. The van der Waals surface area contributed by atoms with Crippen molar-refractivity contribution in [2.75, 3.05) is 65.2 Å². The molecule has 2 unspecified atom stereocenters. The third-order valence-corrected chi connectivity index (χ3v) is 8.25. The second kappa shape index (κ2) is 13.8. The molecule has 4 rings (SSSR count). The van der Waals surface area contributed by atoms with Crippen molar-refractivity contribution < 1.29 is 28.2 Å². The van der Waals surface area contributed by atoms with E-state index < -0.39 is 13.9 Å². The molecule has 1 aliphatic heterocycles. The maximum absolute atomic E-state index is 12.3. The minimum atomic E-state index is -3.73. The first-order chi connectivity index (χ1) is 18.8. The number of methoxy groups -OCH3 is 2. The molecule has 0 spiro atoms. The Morgan fingerprint density at radius 3 is 2.59 bits per heavy atom. The summed E-state index contributed by atoms with van der Waals surface area (Å²) in [6.45, 7) is 5.98. The van der Waals surface area contributed by atoms with E-state index in [1.165, 1.54) is 13.4 Å². The van der Waals surface area contributed by atoms with Crippen molar-refractivity contribution in [3.05, 3.63) is 47.2 Å². The topological polar surface area (TPSA) is 119 Å². The van der Waals surface area contributed by atoms with Crippen molar-refractivity contribution in [3.63, 3.8) is 0 Å². The standard InChI is InChI=1S/C26H35BrN5O6P/c1-19(35-2)38-39(33,34)18-32-11-9-31(10-12-32)8-5-13-37-25-15-22-23(16-24(25)36-3)28-17-29-26(22)30-21-7-4-6-20(27)14-21/h4,6-7,14-17,19H,5,8-13,18H2,1-3H3,(H,33,34)(H,28,29,30). The van der Waals surface area contributed by atoms with E-state index >= 15 is 0 Å². The minimum absolute atomic E-state index is 0.00150. The zero-order valence-corrected chi connectivity index (χ0v) is 24.9. The van der Waals surface area contributed by atoms with E-state index in [1.807, 2.05) is 41.3 Å². The van der Waals surface area contributed by atoms with Crippen LogP contribution in [-0.4, -0.2) is 90.8 Å². The summed E-state index contributed by atoms with van der Waals surface area (Å²) < 4.78 is 35.0. The van der Waals surface area contributed by atoms with Crippen LogP contribution in [-0.2, 0) is 13.8 Å². The Kier molecular flexibility index (Phi) is 10.5. The molecule has 1 aromatic heterocycles. The molecule has 13 heteroatoms. The van der Waals surface area contributed by atoms with Gasteiger partial charge in [0.05, 0.1) is 19.2 Å². The van der Waals surface area contributed by atoms with E-state index in [-0.39, 0.29) is 6.29 Å². The SMILES string of the molecule is COc1cc2ncnc(Nc3cccc(Br)c3)c2cc1OCCCN1CCN(CP(=O)(O)OC(C)OC)CC1. The summed E-state index contributed by atoms with van der Waals surface area (Å²) in [6.07, 6.45) is 1.63. The summed E-state index contributed by atoms with van der Waals surface area (Å²) in [5, 5.41) is 4.19. The Hall–Kier alpha value is -2.31. The number of hydrogen-bond acceptors (Lipinski definition) is 10. The van der Waals surface area contributed by atoms with Gasteiger partial charge in [0, 0.05) is 61.4 Å². The normalized spacial score (nSPS) is 17.1. The molecule has 2 aromatic carbocycles. The molecule has 0 saturated carbocycles. The van der Waals surface area contributed by atoms with Gasteiger partial charge in [-0.1, -0.05) is 22.0 Å². The highest BCUT2D eigenvalue weighted by Gasteiger charge is 2.28. The first kappa shape index (κ1) is 29.7. The quantitative estimate of drug-likeness (QED) is 0.157. The molecule has 2 N–H and O–H groups in total. The molecule has 0 radical (unpaired) electrons. The van der Waals surface area contributed by atoms with Gasteiger partial charge in [0.2, 0.25) is 0 Å². The summed E-state index contributed by atoms with van der Waals surface area (Å²) in [5.41, 5.74) is 1.65. The predicted octanol–water partition coefficient (Wildman–Crippen LogP) is 4.68. The molecule has 1 fully saturated rings. The molecule has 0 aliphatic carbocycles. The minimum Gasteiger partial charge on any atom is -0.493 e. The molecule has 2 heterocycles. The highest BCUT2D eigenvalue weighted by Crippen LogP contribution is 2.44. The molecule has 0 amide bonds. The van der Waals surface area contributed by atoms with Gasteiger partial charge in [-0.2, -0.15) is 0 Å². The molecule has 1 saturated heterocycles. The molecule has 212 valence electrons. The number of hydrogen-bond donors (Lipinski definition) is 2. The molecule has 2 atom stereocenters. The number of anilines is 2. The molecule has 0 bridgehead atoms. The van der Waals surface area contributed by atoms with Crippen molar-refractivity contribution in [2.24, 2.45) is 0 Å². The predicted molar refractivity (Wildman–Crippen MR) is 154 cm³/mol. The summed E-state index contributed by atoms with van der Waals surface area (Å²) in [5.74, 6) is 1.92. The van der Waals surface area contributed by atoms with Gasteiger partial charge in [-0.3, -0.25) is 14.0 Å². The lowest BCUT2D eigenvalue weighted by Crippen LogP contribution is -2.47. The number of nitrogens with one attached hydrogen (secondary N) is 1. The van der Waals surface area contributed by atoms with Crippen molar-refractivity contribution in [1.82, 2.24) is 19.8 Å². The molecule has 39 heavy (non-hydrogen) atoms. The van der Waals surface area contributed by atoms with E-state index in [0.717, 1.165) is 47.1 Å². The lowest BCUT2D eigenvalue weighted by atomic mass is 10.2. The fourth-order valence-electron chi connectivity index (χ4n) is 4.32. The van der Waals surface area contributed by atoms with Crippen LogP contribution in [0.3, 0.4) is 0 Å². The number of fused-ring (bicyclic) bond motifs is 1. The zero-order chi connectivity index (χ0) is 27.8. The molecular formula is C26H35BrN5O6P. The van der Waals surface area contributed by atoms with Crippen molar-refractivity contribution in [1.29, 1.82) is 0 Å². The Bertz CT molecular complexity index is 1290. The van der Waals surface area contributed by atoms with Gasteiger partial charge < -0.3 is 29.3 Å². The average Bonchev–Trinajstić information content (AvgIpc) is 2.91. The molecule has 3 aromatic rings. The van der Waals surface area contributed by atoms with Crippen LogP contribution in [0.5, 0.6) is 11.5 Å². The Morgan fingerprint density at radius 1 is 1.10 bits per heavy atom. The summed E-state index contributed by atoms with van der Waals surface area (Å²) in [4.78, 5) is 23.2. The summed E-state index contributed by atoms with van der Waals surface area (Å²) in [7, 11) is -0.675. The number of nitrogens with zero attached hydrogens (tertiary/aromatic N) is 4. The van der Waals surface area contributed by atoms with Crippen LogP contribution < -0.4 is 14.8 Å². The molecule has 1 aliphatic rings. The van der Waals surface area contributed by atoms with Crippen LogP contribution in [0.4, 0.5) is 11.5 Å². The largest absolute Gasteiger partial charge is 0.493 e. The smallest absolute Gasteiger partial charge is 0.344 e. The van der Waals surface area contributed by atoms with Gasteiger partial charge in [0.1, 0.15) is 18.4 Å². The number of halogens is 1. The van der Waals surface area contributed by atoms with Gasteiger partial charge >= 0.3 is 7.60 Å². The molecular weight excluding hydrogens is 589 g/mol. The Labute approximate surface area is 237 Å². The second-order valence-electron chi connectivity index (χ2n) is 9.23. The number of ether oxygens (including phenoxy) is 3.